The smallest absolute Gasteiger partial charge is 0.269 e. The zero-order valence-corrected chi connectivity index (χ0v) is 14.6. The van der Waals surface area contributed by atoms with Crippen LogP contribution in [0.15, 0.2) is 48.5 Å². The van der Waals surface area contributed by atoms with Crippen molar-refractivity contribution >= 4 is 23.6 Å². The molecule has 0 saturated carbocycles. The molecule has 0 atom stereocenters. The maximum absolute atomic E-state index is 11.9. The average Bonchev–Trinajstić information content (AvgIpc) is 2.70. The number of nitrogens with zero attached hydrogens (tertiary/aromatic N) is 1. The summed E-state index contributed by atoms with van der Waals surface area (Å²) in [7, 11) is 3.03. The highest BCUT2D eigenvalue weighted by atomic mass is 16.6. The Morgan fingerprint density at radius 1 is 1.00 bits per heavy atom. The molecule has 0 radical (unpaired) electrons. The molecule has 0 saturated heterocycles. The summed E-state index contributed by atoms with van der Waals surface area (Å²) < 4.78 is 10.3. The van der Waals surface area contributed by atoms with E-state index in [1.165, 1.54) is 50.6 Å². The number of non-ortho nitro benzene ring substituents is 1. The lowest BCUT2D eigenvalue weighted by Crippen LogP contribution is -2.40. The quantitative estimate of drug-likeness (QED) is 0.456. The van der Waals surface area contributed by atoms with Crippen LogP contribution in [0.2, 0.25) is 0 Å². The highest BCUT2D eigenvalue weighted by molar-refractivity contribution is 5.98. The van der Waals surface area contributed by atoms with Gasteiger partial charge in [-0.25, -0.2) is 0 Å². The van der Waals surface area contributed by atoms with E-state index in [2.05, 4.69) is 10.9 Å². The van der Waals surface area contributed by atoms with Gasteiger partial charge in [-0.05, 0) is 35.9 Å². The molecule has 2 aromatic carbocycles. The van der Waals surface area contributed by atoms with E-state index in [1.54, 1.807) is 18.2 Å². The lowest BCUT2D eigenvalue weighted by molar-refractivity contribution is -0.384. The summed E-state index contributed by atoms with van der Waals surface area (Å²) in [6, 6.07) is 10.1. The van der Waals surface area contributed by atoms with Crippen LogP contribution >= 0.6 is 0 Å². The highest BCUT2D eigenvalue weighted by Gasteiger charge is 2.09. The summed E-state index contributed by atoms with van der Waals surface area (Å²) in [4.78, 5) is 33.8. The Bertz CT molecular complexity index is 855. The van der Waals surface area contributed by atoms with Gasteiger partial charge in [0.1, 0.15) is 11.5 Å². The Morgan fingerprint density at radius 3 is 2.11 bits per heavy atom. The topological polar surface area (TPSA) is 120 Å². The van der Waals surface area contributed by atoms with Crippen molar-refractivity contribution < 1.29 is 24.0 Å². The largest absolute Gasteiger partial charge is 0.497 e. The van der Waals surface area contributed by atoms with Crippen molar-refractivity contribution in [1.29, 1.82) is 0 Å². The molecule has 0 aliphatic rings. The van der Waals surface area contributed by atoms with E-state index in [9.17, 15) is 19.7 Å². The number of nitrogens with one attached hydrogen (secondary N) is 2. The van der Waals surface area contributed by atoms with Crippen LogP contribution in [0.5, 0.6) is 11.5 Å². The molecule has 0 aliphatic heterocycles. The minimum Gasteiger partial charge on any atom is -0.497 e. The number of carbonyl (C=O) groups excluding carboxylic acids is 2. The molecule has 27 heavy (non-hydrogen) atoms. The van der Waals surface area contributed by atoms with Crippen LogP contribution in [0.4, 0.5) is 5.69 Å². The molecule has 9 heteroatoms. The number of nitro benzene ring substituents is 1. The molecule has 0 aliphatic carbocycles. The minimum atomic E-state index is -0.602. The lowest BCUT2D eigenvalue weighted by atomic mass is 10.2. The van der Waals surface area contributed by atoms with Crippen molar-refractivity contribution in [2.24, 2.45) is 0 Å². The highest BCUT2D eigenvalue weighted by Crippen LogP contribution is 2.23. The molecule has 2 rings (SSSR count). The predicted molar refractivity (Wildman–Crippen MR) is 97.3 cm³/mol. The van der Waals surface area contributed by atoms with Crippen LogP contribution in [0.3, 0.4) is 0 Å². The monoisotopic (exact) mass is 371 g/mol. The second-order valence-corrected chi connectivity index (χ2v) is 5.23. The van der Waals surface area contributed by atoms with Crippen LogP contribution in [0.1, 0.15) is 15.9 Å². The lowest BCUT2D eigenvalue weighted by Gasteiger charge is -2.06. The average molecular weight is 371 g/mol. The molecule has 0 fully saturated rings. The number of amides is 2. The molecule has 0 heterocycles. The first-order chi connectivity index (χ1) is 12.9. The van der Waals surface area contributed by atoms with Gasteiger partial charge in [0.05, 0.1) is 19.1 Å². The van der Waals surface area contributed by atoms with Crippen LogP contribution in [-0.4, -0.2) is 31.0 Å². The first kappa shape index (κ1) is 19.4. The van der Waals surface area contributed by atoms with Crippen LogP contribution < -0.4 is 20.3 Å². The number of hydrogen-bond donors (Lipinski definition) is 2. The maximum atomic E-state index is 11.9. The fraction of sp³-hybridized carbons (Fsp3) is 0.111. The summed E-state index contributed by atoms with van der Waals surface area (Å²) in [5, 5.41) is 10.6. The number of rotatable bonds is 6. The van der Waals surface area contributed by atoms with Crippen LogP contribution in [-0.2, 0) is 4.79 Å². The van der Waals surface area contributed by atoms with Gasteiger partial charge in [-0.3, -0.25) is 30.6 Å². The Morgan fingerprint density at radius 2 is 1.59 bits per heavy atom. The summed E-state index contributed by atoms with van der Waals surface area (Å²) in [5.41, 5.74) is 5.15. The van der Waals surface area contributed by atoms with Gasteiger partial charge in [0.25, 0.3) is 17.5 Å². The third kappa shape index (κ3) is 5.56. The van der Waals surface area contributed by atoms with Gasteiger partial charge >= 0.3 is 0 Å². The van der Waals surface area contributed by atoms with Crippen molar-refractivity contribution in [2.75, 3.05) is 14.2 Å². The van der Waals surface area contributed by atoms with Gasteiger partial charge in [0.2, 0.25) is 0 Å². The fourth-order valence-electron chi connectivity index (χ4n) is 2.06. The maximum Gasteiger partial charge on any atom is 0.269 e. The van der Waals surface area contributed by atoms with Crippen LogP contribution in [0.25, 0.3) is 6.08 Å². The van der Waals surface area contributed by atoms with Crippen molar-refractivity contribution in [3.8, 4) is 11.5 Å². The summed E-state index contributed by atoms with van der Waals surface area (Å²) in [6.45, 7) is 0. The van der Waals surface area contributed by atoms with E-state index in [-0.39, 0.29) is 11.3 Å². The predicted octanol–water partition coefficient (Wildman–Crippen LogP) is 2.09. The first-order valence-corrected chi connectivity index (χ1v) is 7.69. The van der Waals surface area contributed by atoms with Crippen molar-refractivity contribution in [3.05, 3.63) is 69.8 Å². The number of methoxy groups -OCH3 is 2. The SMILES string of the molecule is COc1cc(/C=C/C(=O)NNC(=O)c2ccc([N+](=O)[O-])cc2)cc(OC)c1. The Kier molecular flexibility index (Phi) is 6.48. The summed E-state index contributed by atoms with van der Waals surface area (Å²) >= 11 is 0. The van der Waals surface area contributed by atoms with Gasteiger partial charge in [-0.2, -0.15) is 0 Å². The van der Waals surface area contributed by atoms with Crippen LogP contribution in [0, 0.1) is 10.1 Å². The molecule has 2 aromatic rings. The zero-order chi connectivity index (χ0) is 19.8. The third-order valence-electron chi connectivity index (χ3n) is 3.44. The number of ether oxygens (including phenoxy) is 2. The molecule has 140 valence electrons. The summed E-state index contributed by atoms with van der Waals surface area (Å²) in [6.07, 6.45) is 2.75. The van der Waals surface area contributed by atoms with Crippen molar-refractivity contribution in [1.82, 2.24) is 10.9 Å². The standard InChI is InChI=1S/C18H17N3O6/c1-26-15-9-12(10-16(11-15)27-2)3-8-17(22)19-20-18(23)13-4-6-14(7-5-13)21(24)25/h3-11H,1-2H3,(H,19,22)(H,20,23)/b8-3+. The number of carbonyl (C=O) groups is 2. The number of nitro groups is 1. The second kappa shape index (κ2) is 8.99. The molecule has 2 N–H and O–H groups in total. The Labute approximate surface area is 154 Å². The van der Waals surface area contributed by atoms with Gasteiger partial charge in [-0.1, -0.05) is 0 Å². The third-order valence-corrected chi connectivity index (χ3v) is 3.44. The molecular weight excluding hydrogens is 354 g/mol. The minimum absolute atomic E-state index is 0.132. The molecule has 0 spiro atoms. The molecule has 9 nitrogen and oxygen atoms in total. The molecule has 0 bridgehead atoms. The molecule has 0 unspecified atom stereocenters. The zero-order valence-electron chi connectivity index (χ0n) is 14.6. The van der Waals surface area contributed by atoms with E-state index < -0.39 is 16.7 Å². The Hall–Kier alpha value is -3.88. The molecular formula is C18H17N3O6. The van der Waals surface area contributed by atoms with E-state index >= 15 is 0 Å². The van der Waals surface area contributed by atoms with Crippen molar-refractivity contribution in [2.45, 2.75) is 0 Å². The normalized spacial score (nSPS) is 10.3. The second-order valence-electron chi connectivity index (χ2n) is 5.23. The Balaban J connectivity index is 1.94. The number of hydrogen-bond acceptors (Lipinski definition) is 6. The van der Waals surface area contributed by atoms with E-state index in [0.29, 0.717) is 17.1 Å². The van der Waals surface area contributed by atoms with E-state index in [1.807, 2.05) is 0 Å². The molecule has 0 aromatic heterocycles. The summed E-state index contributed by atoms with van der Waals surface area (Å²) in [5.74, 6) is -0.0245. The van der Waals surface area contributed by atoms with Gasteiger partial charge in [0, 0.05) is 29.8 Å². The molecule has 2 amide bonds. The van der Waals surface area contributed by atoms with E-state index in [0.717, 1.165) is 0 Å². The van der Waals surface area contributed by atoms with Gasteiger partial charge in [-0.15, -0.1) is 0 Å². The van der Waals surface area contributed by atoms with E-state index in [4.69, 9.17) is 9.47 Å². The number of hydrazine groups is 1. The number of benzene rings is 2. The van der Waals surface area contributed by atoms with Gasteiger partial charge in [0.15, 0.2) is 0 Å². The fourth-order valence-corrected chi connectivity index (χ4v) is 2.06. The van der Waals surface area contributed by atoms with Gasteiger partial charge < -0.3 is 9.47 Å². The first-order valence-electron chi connectivity index (χ1n) is 7.69. The van der Waals surface area contributed by atoms with Crippen molar-refractivity contribution in [3.63, 3.8) is 0 Å².